The fourth-order valence-electron chi connectivity index (χ4n) is 3.85. The Kier molecular flexibility index (Phi) is 10.3. The summed E-state index contributed by atoms with van der Waals surface area (Å²) < 4.78 is 0. The van der Waals surface area contributed by atoms with Gasteiger partial charge in [0, 0.05) is 37.7 Å². The zero-order chi connectivity index (χ0) is 26.8. The Morgan fingerprint density at radius 3 is 2.33 bits per heavy atom. The summed E-state index contributed by atoms with van der Waals surface area (Å²) in [5.74, 6) is -5.48. The zero-order valence-corrected chi connectivity index (χ0v) is 19.5. The first-order valence-electron chi connectivity index (χ1n) is 11.4. The fourth-order valence-corrected chi connectivity index (χ4v) is 3.85. The molecule has 0 aliphatic carbocycles. The van der Waals surface area contributed by atoms with Crippen LogP contribution in [0.4, 0.5) is 0 Å². The van der Waals surface area contributed by atoms with Crippen LogP contribution < -0.4 is 22.1 Å². The molecule has 198 valence electrons. The average Bonchev–Trinajstić information content (AvgIpc) is 3.50. The molecule has 4 atom stereocenters. The normalized spacial score (nSPS) is 17.6. The number of amides is 4. The monoisotopic (exact) mass is 509 g/mol. The van der Waals surface area contributed by atoms with Crippen LogP contribution in [0.15, 0.2) is 12.5 Å². The molecule has 0 bridgehead atoms. The van der Waals surface area contributed by atoms with E-state index >= 15 is 0 Å². The van der Waals surface area contributed by atoms with E-state index in [0.29, 0.717) is 12.1 Å². The molecule has 1 aromatic rings. The minimum absolute atomic E-state index is 0.0738. The van der Waals surface area contributed by atoms with Gasteiger partial charge < -0.3 is 42.2 Å². The van der Waals surface area contributed by atoms with Crippen LogP contribution in [0.25, 0.3) is 0 Å². The van der Waals surface area contributed by atoms with E-state index in [2.05, 4.69) is 20.6 Å². The lowest BCUT2D eigenvalue weighted by Crippen LogP contribution is -2.57. The molecule has 1 aliphatic heterocycles. The second-order valence-electron chi connectivity index (χ2n) is 8.48. The van der Waals surface area contributed by atoms with Crippen LogP contribution in [0.2, 0.25) is 0 Å². The number of rotatable bonds is 14. The largest absolute Gasteiger partial charge is 0.481 e. The molecule has 0 radical (unpaired) electrons. The SMILES string of the molecule is NC(=O)CCC(NC(=O)C(CCC(=O)O)NC(=O)C(N)Cc1cnc[nH]1)C(=O)N1CCCC1C(=O)O. The number of carboxylic acid groups (broad SMARTS) is 2. The molecule has 0 aromatic carbocycles. The summed E-state index contributed by atoms with van der Waals surface area (Å²) in [5, 5.41) is 23.3. The van der Waals surface area contributed by atoms with Crippen LogP contribution in [0.1, 0.15) is 44.2 Å². The van der Waals surface area contributed by atoms with Crippen LogP contribution in [-0.2, 0) is 35.2 Å². The number of primary amides is 1. The molecule has 36 heavy (non-hydrogen) atoms. The molecular weight excluding hydrogens is 478 g/mol. The third-order valence-electron chi connectivity index (χ3n) is 5.73. The van der Waals surface area contributed by atoms with Gasteiger partial charge in [0.25, 0.3) is 0 Å². The number of aliphatic carboxylic acids is 2. The van der Waals surface area contributed by atoms with Gasteiger partial charge in [-0.15, -0.1) is 0 Å². The van der Waals surface area contributed by atoms with Crippen molar-refractivity contribution >= 4 is 35.6 Å². The topological polar surface area (TPSA) is 251 Å². The van der Waals surface area contributed by atoms with Gasteiger partial charge in [-0.1, -0.05) is 0 Å². The van der Waals surface area contributed by atoms with Gasteiger partial charge in [-0.2, -0.15) is 0 Å². The van der Waals surface area contributed by atoms with Crippen LogP contribution >= 0.6 is 0 Å². The Bertz CT molecular complexity index is 967. The number of imidazole rings is 1. The number of carbonyl (C=O) groups is 6. The Morgan fingerprint density at radius 1 is 1.08 bits per heavy atom. The lowest BCUT2D eigenvalue weighted by molar-refractivity contribution is -0.149. The van der Waals surface area contributed by atoms with Gasteiger partial charge in [-0.05, 0) is 25.7 Å². The van der Waals surface area contributed by atoms with E-state index in [1.165, 1.54) is 12.5 Å². The first-order chi connectivity index (χ1) is 17.0. The number of carboxylic acids is 2. The van der Waals surface area contributed by atoms with Crippen molar-refractivity contribution in [2.24, 2.45) is 11.5 Å². The van der Waals surface area contributed by atoms with Crippen molar-refractivity contribution in [3.8, 4) is 0 Å². The number of nitrogens with two attached hydrogens (primary N) is 2. The van der Waals surface area contributed by atoms with Crippen molar-refractivity contribution in [3.63, 3.8) is 0 Å². The van der Waals surface area contributed by atoms with E-state index < -0.39 is 66.2 Å². The molecular formula is C21H31N7O8. The maximum atomic E-state index is 13.1. The number of likely N-dealkylation sites (tertiary alicyclic amines) is 1. The third-order valence-corrected chi connectivity index (χ3v) is 5.73. The maximum Gasteiger partial charge on any atom is 0.326 e. The quantitative estimate of drug-likeness (QED) is 0.138. The van der Waals surface area contributed by atoms with Crippen molar-refractivity contribution in [3.05, 3.63) is 18.2 Å². The van der Waals surface area contributed by atoms with Crippen LogP contribution in [0, 0.1) is 0 Å². The predicted octanol–water partition coefficient (Wildman–Crippen LogP) is -2.54. The molecule has 15 heteroatoms. The smallest absolute Gasteiger partial charge is 0.326 e. The molecule has 9 N–H and O–H groups in total. The van der Waals surface area contributed by atoms with Crippen LogP contribution in [0.5, 0.6) is 0 Å². The lowest BCUT2D eigenvalue weighted by atomic mass is 10.1. The zero-order valence-electron chi connectivity index (χ0n) is 19.5. The van der Waals surface area contributed by atoms with Gasteiger partial charge in [0.15, 0.2) is 0 Å². The van der Waals surface area contributed by atoms with E-state index in [-0.39, 0.29) is 38.6 Å². The van der Waals surface area contributed by atoms with E-state index in [9.17, 15) is 33.9 Å². The summed E-state index contributed by atoms with van der Waals surface area (Å²) in [4.78, 5) is 80.4. The fraction of sp³-hybridized carbons (Fsp3) is 0.571. The summed E-state index contributed by atoms with van der Waals surface area (Å²) in [6.45, 7) is 0.153. The standard InChI is InChI=1S/C21H31N7O8/c22-12(8-11-9-24-10-25-11)18(32)26-13(4-6-17(30)31)19(33)27-14(3-5-16(23)29)20(34)28-7-1-2-15(28)21(35)36/h9-10,12-15H,1-8,22H2,(H2,23,29)(H,24,25)(H,26,32)(H,27,33)(H,30,31)(H,35,36). The Morgan fingerprint density at radius 2 is 1.75 bits per heavy atom. The van der Waals surface area contributed by atoms with Crippen molar-refractivity contribution < 1.29 is 39.0 Å². The van der Waals surface area contributed by atoms with Crippen molar-refractivity contribution in [1.82, 2.24) is 25.5 Å². The molecule has 1 aliphatic rings. The van der Waals surface area contributed by atoms with Gasteiger partial charge >= 0.3 is 11.9 Å². The number of hydrogen-bond donors (Lipinski definition) is 7. The number of hydrogen-bond acceptors (Lipinski definition) is 8. The molecule has 4 unspecified atom stereocenters. The number of nitrogens with one attached hydrogen (secondary N) is 3. The molecule has 2 rings (SSSR count). The van der Waals surface area contributed by atoms with Crippen LogP contribution in [0.3, 0.4) is 0 Å². The van der Waals surface area contributed by atoms with E-state index in [0.717, 1.165) is 4.90 Å². The van der Waals surface area contributed by atoms with Gasteiger partial charge in [0.2, 0.25) is 23.6 Å². The van der Waals surface area contributed by atoms with Crippen molar-refractivity contribution in [2.75, 3.05) is 6.54 Å². The third kappa shape index (κ3) is 8.33. The number of nitrogens with zero attached hydrogens (tertiary/aromatic N) is 2. The minimum atomic E-state index is -1.36. The Balaban J connectivity index is 2.15. The Hall–Kier alpha value is -4.01. The molecule has 0 spiro atoms. The predicted molar refractivity (Wildman–Crippen MR) is 122 cm³/mol. The molecule has 4 amide bonds. The van der Waals surface area contributed by atoms with Gasteiger partial charge in [0.1, 0.15) is 18.1 Å². The molecule has 1 fully saturated rings. The molecule has 1 saturated heterocycles. The molecule has 1 aromatic heterocycles. The summed E-state index contributed by atoms with van der Waals surface area (Å²) in [6, 6.07) is -4.83. The highest BCUT2D eigenvalue weighted by atomic mass is 16.4. The second-order valence-corrected chi connectivity index (χ2v) is 8.48. The van der Waals surface area contributed by atoms with Gasteiger partial charge in [-0.3, -0.25) is 24.0 Å². The minimum Gasteiger partial charge on any atom is -0.481 e. The average molecular weight is 510 g/mol. The van der Waals surface area contributed by atoms with Crippen LogP contribution in [-0.4, -0.2) is 91.4 Å². The lowest BCUT2D eigenvalue weighted by Gasteiger charge is -2.28. The maximum absolute atomic E-state index is 13.1. The van der Waals surface area contributed by atoms with Crippen molar-refractivity contribution in [1.29, 1.82) is 0 Å². The highest BCUT2D eigenvalue weighted by Gasteiger charge is 2.38. The first kappa shape index (κ1) is 28.2. The van der Waals surface area contributed by atoms with Crippen molar-refractivity contribution in [2.45, 2.75) is 69.1 Å². The summed E-state index contributed by atoms with van der Waals surface area (Å²) >= 11 is 0. The Labute approximate surface area is 206 Å². The number of H-pyrrole nitrogens is 1. The van der Waals surface area contributed by atoms with Gasteiger partial charge in [-0.25, -0.2) is 9.78 Å². The molecule has 2 heterocycles. The summed E-state index contributed by atoms with van der Waals surface area (Å²) in [5.41, 5.74) is 11.6. The number of aromatic nitrogens is 2. The van der Waals surface area contributed by atoms with Gasteiger partial charge in [0.05, 0.1) is 12.4 Å². The highest BCUT2D eigenvalue weighted by Crippen LogP contribution is 2.19. The summed E-state index contributed by atoms with van der Waals surface area (Å²) in [6.07, 6.45) is 2.38. The van der Waals surface area contributed by atoms with E-state index in [4.69, 9.17) is 16.6 Å². The van der Waals surface area contributed by atoms with E-state index in [1.54, 1.807) is 0 Å². The van der Waals surface area contributed by atoms with E-state index in [1.807, 2.05) is 0 Å². The first-order valence-corrected chi connectivity index (χ1v) is 11.4. The molecule has 0 saturated carbocycles. The second kappa shape index (κ2) is 13.2. The molecule has 15 nitrogen and oxygen atoms in total. The highest BCUT2D eigenvalue weighted by molar-refractivity contribution is 5.94. The number of aromatic amines is 1. The number of carbonyl (C=O) groups excluding carboxylic acids is 4. The summed E-state index contributed by atoms with van der Waals surface area (Å²) in [7, 11) is 0.